The average molecular weight is 329 g/mol. The number of carbonyl (C=O) groups excluding carboxylic acids is 1. The fourth-order valence-corrected chi connectivity index (χ4v) is 2.74. The SMILES string of the molecule is C[C@@H](CNC(=O)Nc1ccccc1-n1cccn1)N1CCOCC1. The number of para-hydroxylation sites is 2. The third-order valence-electron chi connectivity index (χ3n) is 4.13. The molecule has 0 radical (unpaired) electrons. The maximum Gasteiger partial charge on any atom is 0.319 e. The number of nitrogens with zero attached hydrogens (tertiary/aromatic N) is 3. The van der Waals surface area contributed by atoms with E-state index in [2.05, 4.69) is 27.6 Å². The van der Waals surface area contributed by atoms with Crippen LogP contribution in [0.1, 0.15) is 6.92 Å². The summed E-state index contributed by atoms with van der Waals surface area (Å²) < 4.78 is 7.08. The Balaban J connectivity index is 1.55. The van der Waals surface area contributed by atoms with Gasteiger partial charge in [0.15, 0.2) is 0 Å². The van der Waals surface area contributed by atoms with E-state index in [0.717, 1.165) is 37.7 Å². The van der Waals surface area contributed by atoms with Crippen LogP contribution in [0.4, 0.5) is 10.5 Å². The summed E-state index contributed by atoms with van der Waals surface area (Å²) in [7, 11) is 0. The Hall–Kier alpha value is -2.38. The van der Waals surface area contributed by atoms with Gasteiger partial charge in [0.05, 0.1) is 24.6 Å². The van der Waals surface area contributed by atoms with Crippen LogP contribution < -0.4 is 10.6 Å². The maximum atomic E-state index is 12.2. The number of anilines is 1. The highest BCUT2D eigenvalue weighted by atomic mass is 16.5. The molecule has 2 N–H and O–H groups in total. The number of rotatable bonds is 5. The minimum absolute atomic E-state index is 0.213. The van der Waals surface area contributed by atoms with Crippen LogP contribution in [0.3, 0.4) is 0 Å². The first-order valence-electron chi connectivity index (χ1n) is 8.20. The van der Waals surface area contributed by atoms with Gasteiger partial charge >= 0.3 is 6.03 Å². The van der Waals surface area contributed by atoms with Gasteiger partial charge in [0.1, 0.15) is 0 Å². The second kappa shape index (κ2) is 7.94. The number of nitrogens with one attached hydrogen (secondary N) is 2. The number of hydrogen-bond acceptors (Lipinski definition) is 4. The predicted molar refractivity (Wildman–Crippen MR) is 92.4 cm³/mol. The highest BCUT2D eigenvalue weighted by Crippen LogP contribution is 2.18. The zero-order valence-corrected chi connectivity index (χ0v) is 13.8. The van der Waals surface area contributed by atoms with E-state index in [1.54, 1.807) is 10.9 Å². The van der Waals surface area contributed by atoms with Crippen LogP contribution >= 0.6 is 0 Å². The number of amides is 2. The summed E-state index contributed by atoms with van der Waals surface area (Å²) in [5, 5.41) is 10.1. The van der Waals surface area contributed by atoms with Crippen LogP contribution in [0.15, 0.2) is 42.7 Å². The molecule has 1 aliphatic heterocycles. The van der Waals surface area contributed by atoms with Gasteiger partial charge in [0.25, 0.3) is 0 Å². The van der Waals surface area contributed by atoms with E-state index in [9.17, 15) is 4.79 Å². The molecule has 7 nitrogen and oxygen atoms in total. The summed E-state index contributed by atoms with van der Waals surface area (Å²) in [6, 6.07) is 9.50. The molecule has 2 aromatic rings. The second-order valence-electron chi connectivity index (χ2n) is 5.80. The molecule has 7 heteroatoms. The van der Waals surface area contributed by atoms with E-state index >= 15 is 0 Å². The highest BCUT2D eigenvalue weighted by molar-refractivity contribution is 5.91. The summed E-state index contributed by atoms with van der Waals surface area (Å²) in [5.41, 5.74) is 1.55. The third-order valence-corrected chi connectivity index (χ3v) is 4.13. The van der Waals surface area contributed by atoms with E-state index in [0.29, 0.717) is 6.54 Å². The van der Waals surface area contributed by atoms with E-state index < -0.39 is 0 Å². The maximum absolute atomic E-state index is 12.2. The fraction of sp³-hybridized carbons (Fsp3) is 0.412. The van der Waals surface area contributed by atoms with Crippen LogP contribution in [0, 0.1) is 0 Å². The highest BCUT2D eigenvalue weighted by Gasteiger charge is 2.17. The minimum Gasteiger partial charge on any atom is -0.379 e. The van der Waals surface area contributed by atoms with Gasteiger partial charge in [-0.3, -0.25) is 4.90 Å². The van der Waals surface area contributed by atoms with Crippen molar-refractivity contribution in [3.05, 3.63) is 42.7 Å². The standard InChI is InChI=1S/C17H23N5O2/c1-14(21-9-11-24-12-10-21)13-18-17(23)20-15-5-2-3-6-16(15)22-8-4-7-19-22/h2-8,14H,9-13H2,1H3,(H2,18,20,23)/t14-/m0/s1. The molecule has 0 saturated carbocycles. The van der Waals surface area contributed by atoms with E-state index in [1.165, 1.54) is 0 Å². The third kappa shape index (κ3) is 4.12. The predicted octanol–water partition coefficient (Wildman–Crippen LogP) is 1.71. The molecule has 3 rings (SSSR count). The topological polar surface area (TPSA) is 71.4 Å². The normalized spacial score (nSPS) is 16.5. The number of morpholine rings is 1. The van der Waals surface area contributed by atoms with Crippen molar-refractivity contribution in [2.75, 3.05) is 38.2 Å². The summed E-state index contributed by atoms with van der Waals surface area (Å²) in [6.07, 6.45) is 3.56. The van der Waals surface area contributed by atoms with Gasteiger partial charge in [-0.2, -0.15) is 5.10 Å². The second-order valence-corrected chi connectivity index (χ2v) is 5.80. The number of benzene rings is 1. The van der Waals surface area contributed by atoms with Crippen LogP contribution in [0.5, 0.6) is 0 Å². The first kappa shape index (κ1) is 16.5. The zero-order chi connectivity index (χ0) is 16.8. The van der Waals surface area contributed by atoms with Crippen molar-refractivity contribution in [2.45, 2.75) is 13.0 Å². The quantitative estimate of drug-likeness (QED) is 0.876. The van der Waals surface area contributed by atoms with Crippen LogP contribution in [-0.2, 0) is 4.74 Å². The Bertz CT molecular complexity index is 653. The van der Waals surface area contributed by atoms with Crippen molar-refractivity contribution in [3.8, 4) is 5.69 Å². The minimum atomic E-state index is -0.213. The summed E-state index contributed by atoms with van der Waals surface area (Å²) in [5.74, 6) is 0. The summed E-state index contributed by atoms with van der Waals surface area (Å²) in [4.78, 5) is 14.5. The van der Waals surface area contributed by atoms with Gasteiger partial charge < -0.3 is 15.4 Å². The van der Waals surface area contributed by atoms with Crippen molar-refractivity contribution in [3.63, 3.8) is 0 Å². The fourth-order valence-electron chi connectivity index (χ4n) is 2.74. The summed E-state index contributed by atoms with van der Waals surface area (Å²) >= 11 is 0. The lowest BCUT2D eigenvalue weighted by atomic mass is 10.2. The molecule has 1 saturated heterocycles. The number of ether oxygens (including phenoxy) is 1. The largest absolute Gasteiger partial charge is 0.379 e. The van der Waals surface area contributed by atoms with Gasteiger partial charge in [-0.15, -0.1) is 0 Å². The Labute approximate surface area is 141 Å². The first-order chi connectivity index (χ1) is 11.7. The monoisotopic (exact) mass is 329 g/mol. The first-order valence-corrected chi connectivity index (χ1v) is 8.20. The van der Waals surface area contributed by atoms with E-state index in [-0.39, 0.29) is 12.1 Å². The van der Waals surface area contributed by atoms with Gasteiger partial charge in [-0.05, 0) is 25.1 Å². The number of carbonyl (C=O) groups is 1. The smallest absolute Gasteiger partial charge is 0.319 e. The molecule has 24 heavy (non-hydrogen) atoms. The molecule has 0 unspecified atom stereocenters. The zero-order valence-electron chi connectivity index (χ0n) is 13.8. The Kier molecular flexibility index (Phi) is 5.45. The molecule has 2 heterocycles. The van der Waals surface area contributed by atoms with Gasteiger partial charge in [0, 0.05) is 38.1 Å². The lowest BCUT2D eigenvalue weighted by Crippen LogP contribution is -2.47. The molecule has 1 aliphatic rings. The Morgan fingerprint density at radius 2 is 2.08 bits per heavy atom. The van der Waals surface area contributed by atoms with Gasteiger partial charge in [0.2, 0.25) is 0 Å². The van der Waals surface area contributed by atoms with Crippen molar-refractivity contribution >= 4 is 11.7 Å². The summed E-state index contributed by atoms with van der Waals surface area (Å²) in [6.45, 7) is 6.04. The van der Waals surface area contributed by atoms with Gasteiger partial charge in [-0.1, -0.05) is 12.1 Å². The molecule has 0 aliphatic carbocycles. The van der Waals surface area contributed by atoms with E-state index in [4.69, 9.17) is 4.74 Å². The molecule has 1 fully saturated rings. The van der Waals surface area contributed by atoms with Crippen molar-refractivity contribution in [1.29, 1.82) is 0 Å². The Morgan fingerprint density at radius 1 is 1.29 bits per heavy atom. The van der Waals surface area contributed by atoms with Gasteiger partial charge in [-0.25, -0.2) is 9.48 Å². The lowest BCUT2D eigenvalue weighted by molar-refractivity contribution is 0.0209. The van der Waals surface area contributed by atoms with Crippen LogP contribution in [0.2, 0.25) is 0 Å². The van der Waals surface area contributed by atoms with Crippen LogP contribution in [-0.4, -0.2) is 59.6 Å². The number of aromatic nitrogens is 2. The molecule has 128 valence electrons. The molecule has 1 aromatic carbocycles. The lowest BCUT2D eigenvalue weighted by Gasteiger charge is -2.32. The van der Waals surface area contributed by atoms with E-state index in [1.807, 2.05) is 36.5 Å². The molecular weight excluding hydrogens is 306 g/mol. The number of hydrogen-bond donors (Lipinski definition) is 2. The van der Waals surface area contributed by atoms with Crippen molar-refractivity contribution in [1.82, 2.24) is 20.0 Å². The van der Waals surface area contributed by atoms with Crippen molar-refractivity contribution in [2.24, 2.45) is 0 Å². The average Bonchev–Trinajstić information content (AvgIpc) is 3.15. The Morgan fingerprint density at radius 3 is 2.83 bits per heavy atom. The molecular formula is C17H23N5O2. The molecule has 1 atom stereocenters. The molecule has 0 bridgehead atoms. The molecule has 2 amide bonds. The van der Waals surface area contributed by atoms with Crippen LogP contribution in [0.25, 0.3) is 5.69 Å². The molecule has 1 aromatic heterocycles. The van der Waals surface area contributed by atoms with Crippen molar-refractivity contribution < 1.29 is 9.53 Å². The number of urea groups is 1. The molecule has 0 spiro atoms.